The fourth-order valence-corrected chi connectivity index (χ4v) is 16.3. The summed E-state index contributed by atoms with van der Waals surface area (Å²) in [6.45, 7) is 11.8. The molecule has 12 rings (SSSR count). The van der Waals surface area contributed by atoms with Gasteiger partial charge in [-0.2, -0.15) is 83.4 Å². The lowest BCUT2D eigenvalue weighted by Gasteiger charge is -2.24. The zero-order chi connectivity index (χ0) is 105. The molecule has 2 aliphatic rings. The number of aldehydes is 2. The predicted molar refractivity (Wildman–Crippen MR) is 478 cm³/mol. The number of phenolic OH excluding ortho intramolecular Hbond substituents is 1. The minimum Gasteiger partial charge on any atom is -0.508 e. The Labute approximate surface area is 799 Å². The number of alkyl halides is 20. The maximum Gasteiger partial charge on any atom is 0.416 e. The highest BCUT2D eigenvalue weighted by Gasteiger charge is 2.51. The van der Waals surface area contributed by atoms with Crippen molar-refractivity contribution in [3.8, 4) is 51.7 Å². The summed E-state index contributed by atoms with van der Waals surface area (Å²) in [5.41, 5.74) is -4.71. The highest BCUT2D eigenvalue weighted by Crippen LogP contribution is 2.63. The lowest BCUT2D eigenvalue weighted by Crippen LogP contribution is -2.40. The molecule has 0 bridgehead atoms. The zero-order valence-electron chi connectivity index (χ0n) is 73.0. The van der Waals surface area contributed by atoms with Crippen LogP contribution in [0, 0.1) is 56.4 Å². The first-order valence-electron chi connectivity index (χ1n) is 39.9. The van der Waals surface area contributed by atoms with Crippen LogP contribution in [0.4, 0.5) is 112 Å². The van der Waals surface area contributed by atoms with E-state index in [0.717, 1.165) is 146 Å². The first-order chi connectivity index (χ1) is 64.9. The Hall–Kier alpha value is -12.4. The zero-order valence-corrected chi connectivity index (χ0v) is 78.9. The predicted octanol–water partition coefficient (Wildman–Crippen LogP) is 27.7. The first kappa shape index (κ1) is 116. The molecule has 0 aliphatic carbocycles. The normalized spacial score (nSPS) is 13.7. The van der Waals surface area contributed by atoms with Crippen LogP contribution in [0.25, 0.3) is 0 Å². The number of aliphatic hydroxyl groups excluding tert-OH is 1. The maximum atomic E-state index is 13.2. The molecule has 756 valence electrons. The molecule has 54 heteroatoms. The van der Waals surface area contributed by atoms with Gasteiger partial charge in [-0.3, -0.25) is 73.8 Å². The molecule has 0 amide bonds. The number of nitrogens with one attached hydrogen (secondary N) is 1. The van der Waals surface area contributed by atoms with Crippen molar-refractivity contribution in [2.24, 2.45) is 0 Å². The standard InChI is InChI=1S/C20H22Br2F3N2O5P.C19H19F3N3O5P.C15H12F3NO4.C14H8F3NO4.C7H5F3O.C7H4FNO3.C4H9F3Si/c1-14(32-33(30,12-2-9-21)26-11-10-22)15-3-8-18(27(28)29)19(13-15)31-17-6-4-16(5-7-17)20(23,24)25;1-13(30-31(28,23-8-9-23)24-10-11-24)14-2-7-17(25(26)27)18(12-14)29-16-5-3-15(4-6-16)19(20,21)22;1-9(20)10-2-7-13(19(21)22)14(8-10)23-12-5-3-11(4-6-12)15(16,17)18;15-14(16,17)10-2-4-11(5-3-10)22-13-7-9(8-19)1-6-12(13)18(20)21;8-7(9,10)5-1-3-6(11)4-2-5;8-6-3-5(4-10)1-2-7(6)9(11)12;1-8(2,3)4(5,6)7/h3-8,13-14H,2,9-12H2,1H3,(H,26,30);2-7,12-13H,8-11H2,1H3;2-9,20H,1H3;1-8H;1-4,11H;1-4H;1-3H3. The van der Waals surface area contributed by atoms with Crippen LogP contribution in [0.5, 0.6) is 51.7 Å². The molecule has 0 saturated carbocycles. The van der Waals surface area contributed by atoms with Crippen molar-refractivity contribution in [2.75, 3.05) is 49.5 Å². The van der Waals surface area contributed by atoms with Gasteiger partial charge in [-0.15, -0.1) is 0 Å². The van der Waals surface area contributed by atoms with Crippen LogP contribution in [0.15, 0.2) is 212 Å². The van der Waals surface area contributed by atoms with Gasteiger partial charge in [0, 0.05) is 91.0 Å². The molecule has 0 aromatic heterocycles. The molecule has 0 radical (unpaired) electrons. The van der Waals surface area contributed by atoms with Gasteiger partial charge in [-0.25, -0.2) is 14.4 Å². The van der Waals surface area contributed by atoms with Gasteiger partial charge in [-0.05, 0) is 226 Å². The molecule has 10 aromatic rings. The van der Waals surface area contributed by atoms with Gasteiger partial charge in [0.25, 0.3) is 7.52 Å². The fourth-order valence-electron chi connectivity index (χ4n) is 10.8. The van der Waals surface area contributed by atoms with Gasteiger partial charge in [0.1, 0.15) is 41.3 Å². The van der Waals surface area contributed by atoms with Gasteiger partial charge >= 0.3 is 72.8 Å². The highest BCUT2D eigenvalue weighted by molar-refractivity contribution is 9.09. The quantitative estimate of drug-likeness (QED) is 0.00550. The van der Waals surface area contributed by atoms with Gasteiger partial charge < -0.3 is 33.7 Å². The Balaban J connectivity index is 0.000000261. The van der Waals surface area contributed by atoms with Gasteiger partial charge in [0.2, 0.25) is 28.8 Å². The molecule has 2 fully saturated rings. The number of aliphatic hydroxyl groups is 1. The fraction of sp³-hybridized carbons (Fsp3) is 0.279. The van der Waals surface area contributed by atoms with Crippen LogP contribution >= 0.6 is 47.0 Å². The van der Waals surface area contributed by atoms with E-state index in [1.54, 1.807) is 23.2 Å². The largest absolute Gasteiger partial charge is 0.508 e. The molecular formula is C86H79Br2F19N8O22P2Si. The number of nitro benzene ring substituents is 5. The Morgan fingerprint density at radius 2 is 0.686 bits per heavy atom. The number of phenols is 1. The summed E-state index contributed by atoms with van der Waals surface area (Å²) >= 11 is 6.57. The number of rotatable bonds is 30. The van der Waals surface area contributed by atoms with Crippen molar-refractivity contribution in [1.29, 1.82) is 0 Å². The van der Waals surface area contributed by atoms with Crippen molar-refractivity contribution < 1.29 is 165 Å². The molecule has 3 N–H and O–H groups in total. The number of nitro groups is 5. The van der Waals surface area contributed by atoms with Crippen molar-refractivity contribution in [3.63, 3.8) is 0 Å². The number of aromatic hydroxyl groups is 1. The third-order valence-electron chi connectivity index (χ3n) is 18.5. The van der Waals surface area contributed by atoms with Crippen LogP contribution in [-0.4, -0.2) is 120 Å². The third-order valence-corrected chi connectivity index (χ3v) is 26.2. The highest BCUT2D eigenvalue weighted by atomic mass is 79.9. The molecule has 140 heavy (non-hydrogen) atoms. The summed E-state index contributed by atoms with van der Waals surface area (Å²) in [7, 11) is -9.17. The second kappa shape index (κ2) is 50.1. The van der Waals surface area contributed by atoms with E-state index >= 15 is 0 Å². The number of hydrogen-bond donors (Lipinski definition) is 3. The number of nitrogens with zero attached hydrogens (tertiary/aromatic N) is 7. The van der Waals surface area contributed by atoms with Crippen LogP contribution in [0.2, 0.25) is 19.6 Å². The number of benzene rings is 10. The Morgan fingerprint density at radius 1 is 0.414 bits per heavy atom. The van der Waals surface area contributed by atoms with Gasteiger partial charge in [-0.1, -0.05) is 51.5 Å². The summed E-state index contributed by atoms with van der Waals surface area (Å²) in [6, 6.07) is 37.2. The maximum absolute atomic E-state index is 13.2. The van der Waals surface area contributed by atoms with E-state index in [-0.39, 0.29) is 86.1 Å². The van der Waals surface area contributed by atoms with E-state index < -0.39 is 148 Å². The molecule has 2 heterocycles. The van der Waals surface area contributed by atoms with Crippen molar-refractivity contribution >= 4 is 96.1 Å². The monoisotopic (exact) mass is 2180 g/mol. The molecular weight excluding hydrogens is 2110 g/mol. The number of ether oxygens (including phenoxy) is 4. The summed E-state index contributed by atoms with van der Waals surface area (Å²) < 4.78 is 298. The minimum absolute atomic E-state index is 0.00111. The SMILES string of the molecule is CC(O)c1ccc([N+](=O)[O-])c(Oc2ccc(C(F)(F)F)cc2)c1.CC(OP(=O)(CCCBr)NCCBr)c1ccc([N+](=O)[O-])c(Oc2ccc(C(F)(F)F)cc2)c1.CC(OP(=O)(N1CC1)N1CC1)c1ccc([N+](=O)[O-])c(Oc2ccc(C(F)(F)F)cc2)c1.C[Si](C)(C)C(F)(F)F.O=Cc1ccc([N+](=O)[O-])c(F)c1.O=Cc1ccc([N+](=O)[O-])c(Oc2ccc(C(F)(F)F)cc2)c1.Oc1ccc(C(F)(F)F)cc1. The second-order valence-corrected chi connectivity index (χ2v) is 41.3. The lowest BCUT2D eigenvalue weighted by molar-refractivity contribution is -0.387. The number of carbonyl (C=O) groups is 2. The van der Waals surface area contributed by atoms with E-state index in [4.69, 9.17) is 33.1 Å². The molecule has 2 saturated heterocycles. The van der Waals surface area contributed by atoms with E-state index in [1.165, 1.54) is 93.3 Å². The molecule has 2 aliphatic heterocycles. The average molecular weight is 2190 g/mol. The van der Waals surface area contributed by atoms with Crippen LogP contribution in [0.1, 0.15) is 111 Å². The van der Waals surface area contributed by atoms with Gasteiger partial charge in [0.05, 0.1) is 70.7 Å². The molecule has 30 nitrogen and oxygen atoms in total. The lowest BCUT2D eigenvalue weighted by atomic mass is 10.1. The molecule has 4 unspecified atom stereocenters. The Kier molecular flexibility index (Phi) is 41.7. The molecule has 0 spiro atoms. The number of hydrogen-bond acceptors (Lipinski definition) is 22. The Morgan fingerprint density at radius 3 is 0.950 bits per heavy atom. The minimum atomic E-state index is -4.51. The van der Waals surface area contributed by atoms with E-state index in [2.05, 4.69) is 36.9 Å². The summed E-state index contributed by atoms with van der Waals surface area (Å²) in [4.78, 5) is 72.1. The summed E-state index contributed by atoms with van der Waals surface area (Å²) in [6.07, 6.45) is -22.7. The van der Waals surface area contributed by atoms with Crippen molar-refractivity contribution in [2.45, 2.75) is 102 Å². The summed E-state index contributed by atoms with van der Waals surface area (Å²) in [5.74, 6) is -5.78. The van der Waals surface area contributed by atoms with E-state index in [9.17, 15) is 158 Å². The van der Waals surface area contributed by atoms with Crippen LogP contribution in [0.3, 0.4) is 0 Å². The van der Waals surface area contributed by atoms with Crippen molar-refractivity contribution in [3.05, 3.63) is 324 Å². The topological polar surface area (TPSA) is 398 Å². The second-order valence-electron chi connectivity index (χ2n) is 30.0. The van der Waals surface area contributed by atoms with E-state index in [1.807, 2.05) is 0 Å². The van der Waals surface area contributed by atoms with E-state index in [0.29, 0.717) is 79.1 Å². The smallest absolute Gasteiger partial charge is 0.416 e. The Bertz CT molecular complexity index is 5970. The molecule has 4 atom stereocenters. The molecule has 10 aromatic carbocycles. The van der Waals surface area contributed by atoms with Crippen molar-refractivity contribution in [1.82, 2.24) is 14.4 Å². The van der Waals surface area contributed by atoms with Crippen LogP contribution in [-0.2, 0) is 49.1 Å². The third kappa shape index (κ3) is 36.4. The number of halogens is 21. The first-order valence-corrected chi connectivity index (χ1v) is 49.0. The van der Waals surface area contributed by atoms with Gasteiger partial charge in [0.15, 0.2) is 8.07 Å². The number of carbonyl (C=O) groups excluding carboxylic acids is 2. The summed E-state index contributed by atoms with van der Waals surface area (Å²) in [5, 5.41) is 77.1. The average Bonchev–Trinajstić information content (AvgIpc) is 1.60. The van der Waals surface area contributed by atoms with Crippen LogP contribution < -0.4 is 24.0 Å².